The Bertz CT molecular complexity index is 842. The molecular weight excluding hydrogens is 342 g/mol. The SMILES string of the molecule is C=CCn1c(CC2CCCCC2)nnc1SCc1cn2ccccc2n1. The molecule has 0 atom stereocenters. The zero-order chi connectivity index (χ0) is 17.8. The molecular formula is C20H25N5S. The summed E-state index contributed by atoms with van der Waals surface area (Å²) in [5, 5.41) is 9.93. The maximum Gasteiger partial charge on any atom is 0.191 e. The van der Waals surface area contributed by atoms with Gasteiger partial charge in [-0.15, -0.1) is 16.8 Å². The van der Waals surface area contributed by atoms with E-state index >= 15 is 0 Å². The van der Waals surface area contributed by atoms with Crippen LogP contribution in [0.4, 0.5) is 0 Å². The maximum absolute atomic E-state index is 4.67. The fourth-order valence-corrected chi connectivity index (χ4v) is 4.58. The predicted molar refractivity (Wildman–Crippen MR) is 105 cm³/mol. The van der Waals surface area contributed by atoms with Crippen molar-refractivity contribution in [2.24, 2.45) is 5.92 Å². The molecule has 0 saturated heterocycles. The summed E-state index contributed by atoms with van der Waals surface area (Å²) in [5.41, 5.74) is 2.04. The van der Waals surface area contributed by atoms with Crippen LogP contribution in [-0.2, 0) is 18.7 Å². The van der Waals surface area contributed by atoms with Crippen molar-refractivity contribution in [3.05, 3.63) is 54.8 Å². The minimum atomic E-state index is 0.757. The average molecular weight is 368 g/mol. The molecule has 1 saturated carbocycles. The zero-order valence-electron chi connectivity index (χ0n) is 15.0. The molecule has 5 nitrogen and oxygen atoms in total. The maximum atomic E-state index is 4.67. The van der Waals surface area contributed by atoms with E-state index in [2.05, 4.69) is 36.9 Å². The summed E-state index contributed by atoms with van der Waals surface area (Å²) < 4.78 is 4.28. The van der Waals surface area contributed by atoms with E-state index in [9.17, 15) is 0 Å². The number of imidazole rings is 1. The van der Waals surface area contributed by atoms with Crippen LogP contribution >= 0.6 is 11.8 Å². The Morgan fingerprint density at radius 3 is 2.88 bits per heavy atom. The first-order chi connectivity index (χ1) is 12.8. The molecule has 3 aromatic rings. The number of nitrogens with zero attached hydrogens (tertiary/aromatic N) is 5. The van der Waals surface area contributed by atoms with Gasteiger partial charge >= 0.3 is 0 Å². The highest BCUT2D eigenvalue weighted by atomic mass is 32.2. The van der Waals surface area contributed by atoms with E-state index in [1.807, 2.05) is 30.5 Å². The van der Waals surface area contributed by atoms with Gasteiger partial charge in [0.2, 0.25) is 0 Å². The number of rotatable bonds is 7. The van der Waals surface area contributed by atoms with Gasteiger partial charge in [-0.2, -0.15) is 0 Å². The molecule has 4 rings (SSSR count). The number of hydrogen-bond donors (Lipinski definition) is 0. The van der Waals surface area contributed by atoms with Crippen LogP contribution in [0.25, 0.3) is 5.65 Å². The second kappa shape index (κ2) is 8.08. The molecule has 6 heteroatoms. The molecule has 0 spiro atoms. The molecule has 0 aliphatic heterocycles. The van der Waals surface area contributed by atoms with Crippen molar-refractivity contribution in [1.29, 1.82) is 0 Å². The zero-order valence-corrected chi connectivity index (χ0v) is 15.9. The van der Waals surface area contributed by atoms with Gasteiger partial charge in [-0.3, -0.25) is 0 Å². The van der Waals surface area contributed by atoms with Crippen LogP contribution in [0, 0.1) is 5.92 Å². The van der Waals surface area contributed by atoms with E-state index in [0.29, 0.717) is 0 Å². The Kier molecular flexibility index (Phi) is 5.39. The standard InChI is InChI=1S/C20H25N5S/c1-2-11-25-19(13-16-8-4-3-5-9-16)22-23-20(25)26-15-17-14-24-12-7-6-10-18(24)21-17/h2,6-7,10,12,14,16H,1,3-5,8-9,11,13,15H2. The molecule has 1 fully saturated rings. The number of thioether (sulfide) groups is 1. The van der Waals surface area contributed by atoms with E-state index in [0.717, 1.165) is 47.0 Å². The van der Waals surface area contributed by atoms with Gasteiger partial charge in [-0.05, 0) is 18.1 Å². The van der Waals surface area contributed by atoms with E-state index in [-0.39, 0.29) is 0 Å². The van der Waals surface area contributed by atoms with Crippen LogP contribution in [0.2, 0.25) is 0 Å². The monoisotopic (exact) mass is 367 g/mol. The van der Waals surface area contributed by atoms with Gasteiger partial charge in [0.25, 0.3) is 0 Å². The fourth-order valence-electron chi connectivity index (χ4n) is 3.73. The van der Waals surface area contributed by atoms with Gasteiger partial charge in [0.15, 0.2) is 5.16 Å². The first-order valence-corrected chi connectivity index (χ1v) is 10.4. The fraction of sp³-hybridized carbons (Fsp3) is 0.450. The minimum Gasteiger partial charge on any atom is -0.307 e. The Labute approximate surface area is 158 Å². The molecule has 0 radical (unpaired) electrons. The van der Waals surface area contributed by atoms with Crippen LogP contribution in [0.15, 0.2) is 48.4 Å². The molecule has 1 aliphatic carbocycles. The molecule has 0 aromatic carbocycles. The normalized spacial score (nSPS) is 15.5. The lowest BCUT2D eigenvalue weighted by Crippen LogP contribution is -2.13. The molecule has 3 aromatic heterocycles. The topological polar surface area (TPSA) is 48.0 Å². The first-order valence-electron chi connectivity index (χ1n) is 9.42. The van der Waals surface area contributed by atoms with E-state index in [1.54, 1.807) is 11.8 Å². The Morgan fingerprint density at radius 2 is 2.08 bits per heavy atom. The Balaban J connectivity index is 1.47. The lowest BCUT2D eigenvalue weighted by Gasteiger charge is -2.21. The van der Waals surface area contributed by atoms with Gasteiger partial charge in [0.05, 0.1) is 5.69 Å². The molecule has 3 heterocycles. The second-order valence-corrected chi connectivity index (χ2v) is 7.94. The van der Waals surface area contributed by atoms with Gasteiger partial charge in [0, 0.05) is 31.1 Å². The van der Waals surface area contributed by atoms with Crippen molar-refractivity contribution in [2.45, 2.75) is 56.0 Å². The summed E-state index contributed by atoms with van der Waals surface area (Å²) in [5.74, 6) is 2.66. The predicted octanol–water partition coefficient (Wildman–Crippen LogP) is 4.53. The number of allylic oxidation sites excluding steroid dienone is 1. The molecule has 26 heavy (non-hydrogen) atoms. The van der Waals surface area contributed by atoms with Crippen LogP contribution in [-0.4, -0.2) is 24.1 Å². The third-order valence-electron chi connectivity index (χ3n) is 5.06. The number of fused-ring (bicyclic) bond motifs is 1. The molecule has 0 bridgehead atoms. The molecule has 136 valence electrons. The van der Waals surface area contributed by atoms with Crippen LogP contribution < -0.4 is 0 Å². The quantitative estimate of drug-likeness (QED) is 0.455. The highest BCUT2D eigenvalue weighted by Gasteiger charge is 2.19. The summed E-state index contributed by atoms with van der Waals surface area (Å²) in [7, 11) is 0. The first kappa shape index (κ1) is 17.3. The van der Waals surface area contributed by atoms with Crippen molar-refractivity contribution in [3.8, 4) is 0 Å². The second-order valence-electron chi connectivity index (χ2n) is 6.99. The number of hydrogen-bond acceptors (Lipinski definition) is 4. The summed E-state index contributed by atoms with van der Waals surface area (Å²) in [4.78, 5) is 4.67. The van der Waals surface area contributed by atoms with Crippen molar-refractivity contribution < 1.29 is 0 Å². The van der Waals surface area contributed by atoms with Crippen molar-refractivity contribution >= 4 is 17.4 Å². The summed E-state index contributed by atoms with van der Waals surface area (Å²) >= 11 is 1.70. The van der Waals surface area contributed by atoms with Gasteiger partial charge < -0.3 is 8.97 Å². The smallest absolute Gasteiger partial charge is 0.191 e. The van der Waals surface area contributed by atoms with Crippen molar-refractivity contribution in [1.82, 2.24) is 24.1 Å². The van der Waals surface area contributed by atoms with Crippen LogP contribution in [0.3, 0.4) is 0 Å². The lowest BCUT2D eigenvalue weighted by atomic mass is 9.87. The van der Waals surface area contributed by atoms with Crippen molar-refractivity contribution in [2.75, 3.05) is 0 Å². The highest BCUT2D eigenvalue weighted by Crippen LogP contribution is 2.28. The Hall–Kier alpha value is -2.08. The highest BCUT2D eigenvalue weighted by molar-refractivity contribution is 7.98. The summed E-state index contributed by atoms with van der Waals surface area (Å²) in [6.45, 7) is 4.68. The third kappa shape index (κ3) is 3.85. The number of pyridine rings is 1. The van der Waals surface area contributed by atoms with Crippen LogP contribution in [0.5, 0.6) is 0 Å². The lowest BCUT2D eigenvalue weighted by molar-refractivity contribution is 0.347. The van der Waals surface area contributed by atoms with E-state index in [4.69, 9.17) is 0 Å². The molecule has 0 unspecified atom stereocenters. The van der Waals surface area contributed by atoms with Gasteiger partial charge in [-0.25, -0.2) is 4.98 Å². The van der Waals surface area contributed by atoms with Crippen LogP contribution in [0.1, 0.15) is 43.6 Å². The summed E-state index contributed by atoms with van der Waals surface area (Å²) in [6.07, 6.45) is 13.8. The average Bonchev–Trinajstić information content (AvgIpc) is 3.25. The van der Waals surface area contributed by atoms with Crippen molar-refractivity contribution in [3.63, 3.8) is 0 Å². The minimum absolute atomic E-state index is 0.757. The van der Waals surface area contributed by atoms with E-state index < -0.39 is 0 Å². The molecule has 0 amide bonds. The van der Waals surface area contributed by atoms with Gasteiger partial charge in [-0.1, -0.05) is 56.0 Å². The number of aromatic nitrogens is 5. The summed E-state index contributed by atoms with van der Waals surface area (Å²) in [6, 6.07) is 6.05. The molecule has 1 aliphatic rings. The largest absolute Gasteiger partial charge is 0.307 e. The Morgan fingerprint density at radius 1 is 1.19 bits per heavy atom. The van der Waals surface area contributed by atoms with E-state index in [1.165, 1.54) is 32.1 Å². The van der Waals surface area contributed by atoms with Gasteiger partial charge in [0.1, 0.15) is 11.5 Å². The molecule has 0 N–H and O–H groups in total. The third-order valence-corrected chi connectivity index (χ3v) is 6.06.